The number of carboxylic acids is 1. The van der Waals surface area contributed by atoms with Crippen LogP contribution in [-0.4, -0.2) is 22.7 Å². The molecule has 0 spiro atoms. The number of carboxylic acid groups (broad SMARTS) is 1. The van der Waals surface area contributed by atoms with Crippen LogP contribution in [0.25, 0.3) is 0 Å². The van der Waals surface area contributed by atoms with Crippen LogP contribution in [0.2, 0.25) is 0 Å². The van der Waals surface area contributed by atoms with Gasteiger partial charge in [-0.15, -0.1) is 34.4 Å². The van der Waals surface area contributed by atoms with Gasteiger partial charge in [0.05, 0.1) is 11.3 Å². The Hall–Kier alpha value is -1.31. The van der Waals surface area contributed by atoms with Crippen molar-refractivity contribution in [1.82, 2.24) is 0 Å². The summed E-state index contributed by atoms with van der Waals surface area (Å²) in [5.41, 5.74) is 0.140. The number of thiophene rings is 2. The fourth-order valence-electron chi connectivity index (χ4n) is 1.38. The van der Waals surface area contributed by atoms with Crippen molar-refractivity contribution < 1.29 is 14.7 Å². The SMILES string of the molecule is O=C(CSCc1cccs1)Nc1sccc1C(=O)O. The number of thioether (sulfide) groups is 1. The van der Waals surface area contributed by atoms with Crippen LogP contribution in [0.5, 0.6) is 0 Å². The first-order valence-electron chi connectivity index (χ1n) is 5.37. The third-order valence-electron chi connectivity index (χ3n) is 2.21. The van der Waals surface area contributed by atoms with Crippen LogP contribution in [0.1, 0.15) is 15.2 Å². The number of hydrogen-bond donors (Lipinski definition) is 2. The summed E-state index contributed by atoms with van der Waals surface area (Å²) < 4.78 is 0. The van der Waals surface area contributed by atoms with E-state index < -0.39 is 5.97 Å². The molecule has 4 nitrogen and oxygen atoms in total. The van der Waals surface area contributed by atoms with Crippen molar-refractivity contribution >= 4 is 51.3 Å². The normalized spacial score (nSPS) is 10.3. The molecular weight excluding hydrogens is 302 g/mol. The predicted octanol–water partition coefficient (Wildman–Crippen LogP) is 3.38. The molecule has 0 aromatic carbocycles. The number of anilines is 1. The second-order valence-electron chi connectivity index (χ2n) is 3.59. The summed E-state index contributed by atoms with van der Waals surface area (Å²) in [5.74, 6) is -0.0924. The van der Waals surface area contributed by atoms with Crippen molar-refractivity contribution in [3.05, 3.63) is 39.4 Å². The lowest BCUT2D eigenvalue weighted by Crippen LogP contribution is -2.15. The Kier molecular flexibility index (Phi) is 5.00. The number of rotatable bonds is 6. The van der Waals surface area contributed by atoms with Gasteiger partial charge in [-0.3, -0.25) is 4.79 Å². The first kappa shape index (κ1) is 14.1. The smallest absolute Gasteiger partial charge is 0.338 e. The van der Waals surface area contributed by atoms with Crippen LogP contribution in [0.3, 0.4) is 0 Å². The predicted molar refractivity (Wildman–Crippen MR) is 80.4 cm³/mol. The fourth-order valence-corrected chi connectivity index (χ4v) is 3.84. The van der Waals surface area contributed by atoms with Gasteiger partial charge in [0.1, 0.15) is 5.00 Å². The second kappa shape index (κ2) is 6.74. The zero-order valence-corrected chi connectivity index (χ0v) is 12.2. The third-order valence-corrected chi connectivity index (χ3v) is 5.08. The molecule has 19 heavy (non-hydrogen) atoms. The maximum Gasteiger partial charge on any atom is 0.338 e. The molecule has 0 aliphatic carbocycles. The number of aromatic carboxylic acids is 1. The number of carbonyl (C=O) groups excluding carboxylic acids is 1. The quantitative estimate of drug-likeness (QED) is 0.858. The van der Waals surface area contributed by atoms with Gasteiger partial charge in [-0.25, -0.2) is 4.79 Å². The Balaban J connectivity index is 1.81. The molecular formula is C12H11NO3S3. The zero-order chi connectivity index (χ0) is 13.7. The van der Waals surface area contributed by atoms with Crippen LogP contribution in [-0.2, 0) is 10.5 Å². The first-order valence-corrected chi connectivity index (χ1v) is 8.29. The molecule has 2 heterocycles. The average Bonchev–Trinajstić information content (AvgIpc) is 2.99. The Bertz CT molecular complexity index is 563. The van der Waals surface area contributed by atoms with Gasteiger partial charge in [-0.1, -0.05) is 6.07 Å². The van der Waals surface area contributed by atoms with Crippen molar-refractivity contribution in [3.63, 3.8) is 0 Å². The van der Waals surface area contributed by atoms with Crippen LogP contribution < -0.4 is 5.32 Å². The largest absolute Gasteiger partial charge is 0.478 e. The van der Waals surface area contributed by atoms with Gasteiger partial charge >= 0.3 is 5.97 Å². The van der Waals surface area contributed by atoms with Crippen molar-refractivity contribution in [3.8, 4) is 0 Å². The molecule has 0 saturated carbocycles. The molecule has 1 amide bonds. The van der Waals surface area contributed by atoms with Crippen LogP contribution in [0, 0.1) is 0 Å². The van der Waals surface area contributed by atoms with E-state index in [2.05, 4.69) is 5.32 Å². The maximum atomic E-state index is 11.7. The molecule has 7 heteroatoms. The highest BCUT2D eigenvalue weighted by atomic mass is 32.2. The molecule has 0 radical (unpaired) electrons. The highest BCUT2D eigenvalue weighted by molar-refractivity contribution is 7.99. The Morgan fingerprint density at radius 3 is 2.79 bits per heavy atom. The monoisotopic (exact) mass is 313 g/mol. The van der Waals surface area contributed by atoms with Crippen LogP contribution >= 0.6 is 34.4 Å². The van der Waals surface area contributed by atoms with Crippen molar-refractivity contribution in [2.45, 2.75) is 5.75 Å². The van der Waals surface area contributed by atoms with Gasteiger partial charge in [-0.2, -0.15) is 0 Å². The topological polar surface area (TPSA) is 66.4 Å². The van der Waals surface area contributed by atoms with Crippen LogP contribution in [0.15, 0.2) is 29.0 Å². The third kappa shape index (κ3) is 4.09. The molecule has 2 aromatic heterocycles. The summed E-state index contributed by atoms with van der Waals surface area (Å²) in [7, 11) is 0. The number of hydrogen-bond acceptors (Lipinski definition) is 5. The molecule has 2 aromatic rings. The standard InChI is InChI=1S/C12H11NO3S3/c14-10(7-17-6-8-2-1-4-18-8)13-11-9(12(15)16)3-5-19-11/h1-5H,6-7H2,(H,13,14)(H,15,16). The number of amides is 1. The highest BCUT2D eigenvalue weighted by Crippen LogP contribution is 2.23. The summed E-state index contributed by atoms with van der Waals surface area (Å²) in [4.78, 5) is 23.8. The fraction of sp³-hybridized carbons (Fsp3) is 0.167. The molecule has 2 rings (SSSR count). The van der Waals surface area contributed by atoms with Crippen LogP contribution in [0.4, 0.5) is 5.00 Å². The molecule has 0 unspecified atom stereocenters. The first-order chi connectivity index (χ1) is 9.16. The molecule has 0 atom stereocenters. The number of carbonyl (C=O) groups is 2. The average molecular weight is 313 g/mol. The lowest BCUT2D eigenvalue weighted by molar-refractivity contribution is -0.113. The van der Waals surface area contributed by atoms with E-state index in [4.69, 9.17) is 5.11 Å². The van der Waals surface area contributed by atoms with E-state index in [-0.39, 0.29) is 11.5 Å². The van der Waals surface area contributed by atoms with E-state index in [0.29, 0.717) is 10.8 Å². The van der Waals surface area contributed by atoms with Crippen molar-refractivity contribution in [2.75, 3.05) is 11.1 Å². The Morgan fingerprint density at radius 1 is 1.26 bits per heavy atom. The lowest BCUT2D eigenvalue weighted by Gasteiger charge is -2.03. The van der Waals surface area contributed by atoms with Crippen molar-refractivity contribution in [1.29, 1.82) is 0 Å². The van der Waals surface area contributed by atoms with Gasteiger partial charge in [0.2, 0.25) is 5.91 Å². The molecule has 0 fully saturated rings. The maximum absolute atomic E-state index is 11.7. The highest BCUT2D eigenvalue weighted by Gasteiger charge is 2.13. The van der Waals surface area contributed by atoms with Crippen molar-refractivity contribution in [2.24, 2.45) is 0 Å². The Morgan fingerprint density at radius 2 is 2.11 bits per heavy atom. The van der Waals surface area contributed by atoms with Gasteiger partial charge < -0.3 is 10.4 Å². The molecule has 0 aliphatic rings. The molecule has 2 N–H and O–H groups in total. The van der Waals surface area contributed by atoms with E-state index in [1.54, 1.807) is 16.7 Å². The van der Waals surface area contributed by atoms with E-state index in [1.807, 2.05) is 17.5 Å². The van der Waals surface area contributed by atoms with Gasteiger partial charge in [0.25, 0.3) is 0 Å². The molecule has 0 bridgehead atoms. The summed E-state index contributed by atoms with van der Waals surface area (Å²) in [6.07, 6.45) is 0. The van der Waals surface area contributed by atoms with E-state index in [1.165, 1.54) is 34.0 Å². The lowest BCUT2D eigenvalue weighted by atomic mass is 10.3. The summed E-state index contributed by atoms with van der Waals surface area (Å²) in [6, 6.07) is 5.49. The minimum atomic E-state index is -1.03. The Labute approximate surface area is 122 Å². The summed E-state index contributed by atoms with van der Waals surface area (Å²) >= 11 is 4.39. The minimum Gasteiger partial charge on any atom is -0.478 e. The minimum absolute atomic E-state index is 0.140. The second-order valence-corrected chi connectivity index (χ2v) is 6.52. The zero-order valence-electron chi connectivity index (χ0n) is 9.79. The summed E-state index contributed by atoms with van der Waals surface area (Å²) in [5, 5.41) is 15.6. The molecule has 0 saturated heterocycles. The van der Waals surface area contributed by atoms with Gasteiger partial charge in [-0.05, 0) is 22.9 Å². The molecule has 0 aliphatic heterocycles. The van der Waals surface area contributed by atoms with E-state index >= 15 is 0 Å². The molecule has 100 valence electrons. The van der Waals surface area contributed by atoms with E-state index in [9.17, 15) is 9.59 Å². The van der Waals surface area contributed by atoms with Gasteiger partial charge in [0.15, 0.2) is 0 Å². The number of nitrogens with one attached hydrogen (secondary N) is 1. The van der Waals surface area contributed by atoms with E-state index in [0.717, 1.165) is 5.75 Å². The van der Waals surface area contributed by atoms with Gasteiger partial charge in [0, 0.05) is 10.6 Å². The summed E-state index contributed by atoms with van der Waals surface area (Å²) in [6.45, 7) is 0.